The molecule has 15 heteroatoms. The largest absolute Gasteiger partial charge is 0.491 e. The van der Waals surface area contributed by atoms with Crippen LogP contribution in [0.25, 0.3) is 0 Å². The number of hydrogen-bond acceptors (Lipinski definition) is 8. The van der Waals surface area contributed by atoms with E-state index in [0.29, 0.717) is 18.3 Å². The molecule has 1 atom stereocenters. The van der Waals surface area contributed by atoms with Crippen molar-refractivity contribution in [1.82, 2.24) is 14.5 Å². The Labute approximate surface area is 243 Å². The van der Waals surface area contributed by atoms with Gasteiger partial charge in [-0.25, -0.2) is 4.98 Å². The minimum Gasteiger partial charge on any atom is -0.491 e. The number of piperidine rings is 1. The normalized spacial score (nSPS) is 15.1. The predicted molar refractivity (Wildman–Crippen MR) is 146 cm³/mol. The summed E-state index contributed by atoms with van der Waals surface area (Å²) >= 11 is 11.8. The molecule has 1 fully saturated rings. The maximum Gasteiger partial charge on any atom is 0.417 e. The van der Waals surface area contributed by atoms with Crippen molar-refractivity contribution >= 4 is 34.7 Å². The lowest BCUT2D eigenvalue weighted by molar-refractivity contribution is -0.389. The molecule has 4 rings (SSSR count). The summed E-state index contributed by atoms with van der Waals surface area (Å²) in [7, 11) is 0. The van der Waals surface area contributed by atoms with Gasteiger partial charge in [0.2, 0.25) is 5.88 Å². The molecule has 1 aliphatic rings. The highest BCUT2D eigenvalue weighted by Gasteiger charge is 2.32. The van der Waals surface area contributed by atoms with Crippen LogP contribution in [0.2, 0.25) is 10.3 Å². The monoisotopic (exact) mass is 617 g/mol. The number of anilines is 1. The Kier molecular flexibility index (Phi) is 10.2. The van der Waals surface area contributed by atoms with Gasteiger partial charge in [0.25, 0.3) is 0 Å². The van der Waals surface area contributed by atoms with Gasteiger partial charge in [-0.2, -0.15) is 13.2 Å². The number of aliphatic hydroxyl groups is 1. The summed E-state index contributed by atoms with van der Waals surface area (Å²) in [5.74, 6) is 0.665. The van der Waals surface area contributed by atoms with Gasteiger partial charge in [-0.05, 0) is 83.4 Å². The van der Waals surface area contributed by atoms with E-state index in [0.717, 1.165) is 50.3 Å². The molecule has 0 amide bonds. The maximum atomic E-state index is 12.8. The maximum absolute atomic E-state index is 12.8. The molecule has 1 aliphatic heterocycles. The summed E-state index contributed by atoms with van der Waals surface area (Å²) in [6.45, 7) is 2.31. The van der Waals surface area contributed by atoms with E-state index in [4.69, 9.17) is 32.7 Å². The van der Waals surface area contributed by atoms with Gasteiger partial charge < -0.3 is 29.6 Å². The van der Waals surface area contributed by atoms with Crippen molar-refractivity contribution in [2.45, 2.75) is 44.5 Å². The molecule has 3 heterocycles. The number of nitro groups is 1. The summed E-state index contributed by atoms with van der Waals surface area (Å²) in [6, 6.07) is 8.39. The second kappa shape index (κ2) is 13.6. The summed E-state index contributed by atoms with van der Waals surface area (Å²) in [4.78, 5) is 19.8. The highest BCUT2D eigenvalue weighted by atomic mass is 35.5. The molecule has 41 heavy (non-hydrogen) atoms. The molecule has 3 aromatic rings. The third kappa shape index (κ3) is 8.60. The molecule has 1 aromatic carbocycles. The van der Waals surface area contributed by atoms with Crippen molar-refractivity contribution in [2.24, 2.45) is 5.92 Å². The van der Waals surface area contributed by atoms with Gasteiger partial charge in [0.1, 0.15) is 23.6 Å². The Balaban J connectivity index is 1.15. The van der Waals surface area contributed by atoms with Crippen molar-refractivity contribution < 1.29 is 32.7 Å². The van der Waals surface area contributed by atoms with Gasteiger partial charge in [0.05, 0.1) is 18.3 Å². The average molecular weight is 618 g/mol. The molecule has 1 saturated heterocycles. The Morgan fingerprint density at radius 2 is 1.88 bits per heavy atom. The van der Waals surface area contributed by atoms with E-state index in [1.807, 2.05) is 24.3 Å². The SMILES string of the molecule is O=[N+]([O-])c1cn(CC[C@@H](O)COc2ccc(N3CCC(CCOc4ncc(C(F)(F)F)cc4Cl)CC3)cc2)c(Cl)n1. The van der Waals surface area contributed by atoms with Crippen LogP contribution in [-0.2, 0) is 12.7 Å². The first kappa shape index (κ1) is 30.7. The number of pyridine rings is 1. The highest BCUT2D eigenvalue weighted by molar-refractivity contribution is 6.31. The molecule has 0 radical (unpaired) electrons. The molecule has 0 spiro atoms. The first-order valence-electron chi connectivity index (χ1n) is 12.9. The smallest absolute Gasteiger partial charge is 0.417 e. The number of halogens is 5. The quantitative estimate of drug-likeness (QED) is 0.193. The topological polar surface area (TPSA) is 116 Å². The Bertz CT molecular complexity index is 1320. The zero-order valence-corrected chi connectivity index (χ0v) is 23.3. The minimum absolute atomic E-state index is 0.000749. The van der Waals surface area contributed by atoms with Crippen LogP contribution in [0.1, 0.15) is 31.2 Å². The van der Waals surface area contributed by atoms with Crippen LogP contribution in [0.4, 0.5) is 24.7 Å². The third-order valence-electron chi connectivity index (χ3n) is 6.76. The lowest BCUT2D eigenvalue weighted by atomic mass is 9.93. The Morgan fingerprint density at radius 1 is 1.17 bits per heavy atom. The number of benzene rings is 1. The fourth-order valence-electron chi connectivity index (χ4n) is 4.43. The molecule has 2 aromatic heterocycles. The molecule has 1 N–H and O–H groups in total. The highest BCUT2D eigenvalue weighted by Crippen LogP contribution is 2.33. The lowest BCUT2D eigenvalue weighted by Gasteiger charge is -2.33. The van der Waals surface area contributed by atoms with Gasteiger partial charge in [-0.15, -0.1) is 0 Å². The summed E-state index contributed by atoms with van der Waals surface area (Å²) in [5.41, 5.74) is 0.132. The second-order valence-corrected chi connectivity index (χ2v) is 10.4. The van der Waals surface area contributed by atoms with E-state index in [1.165, 1.54) is 10.8 Å². The molecule has 0 unspecified atom stereocenters. The van der Waals surface area contributed by atoms with Crippen LogP contribution in [0.3, 0.4) is 0 Å². The third-order valence-corrected chi connectivity index (χ3v) is 7.34. The van der Waals surface area contributed by atoms with Crippen LogP contribution in [0.15, 0.2) is 42.7 Å². The number of nitrogens with zero attached hydrogens (tertiary/aromatic N) is 5. The fourth-order valence-corrected chi connectivity index (χ4v) is 4.87. The second-order valence-electron chi connectivity index (χ2n) is 9.64. The fraction of sp³-hybridized carbons (Fsp3) is 0.462. The van der Waals surface area contributed by atoms with Crippen LogP contribution in [0, 0.1) is 16.0 Å². The van der Waals surface area contributed by atoms with Crippen LogP contribution < -0.4 is 14.4 Å². The van der Waals surface area contributed by atoms with Crippen molar-refractivity contribution in [3.05, 3.63) is 68.7 Å². The molecule has 0 aliphatic carbocycles. The van der Waals surface area contributed by atoms with Crippen LogP contribution >= 0.6 is 23.2 Å². The number of imidazole rings is 1. The van der Waals surface area contributed by atoms with E-state index in [9.17, 15) is 28.4 Å². The van der Waals surface area contributed by atoms with Crippen molar-refractivity contribution in [3.63, 3.8) is 0 Å². The average Bonchev–Trinajstić information content (AvgIpc) is 3.32. The number of aliphatic hydroxyl groups excluding tert-OH is 1. The minimum atomic E-state index is -4.51. The molecule has 0 bridgehead atoms. The van der Waals surface area contributed by atoms with E-state index in [1.54, 1.807) is 0 Å². The van der Waals surface area contributed by atoms with Gasteiger partial charge in [0.15, 0.2) is 0 Å². The van der Waals surface area contributed by atoms with Crippen molar-refractivity contribution in [2.75, 3.05) is 31.2 Å². The first-order valence-corrected chi connectivity index (χ1v) is 13.6. The molecule has 0 saturated carbocycles. The van der Waals surface area contributed by atoms with Gasteiger partial charge in [-0.3, -0.25) is 4.57 Å². The summed E-state index contributed by atoms with van der Waals surface area (Å²) < 4.78 is 50.9. The Morgan fingerprint density at radius 3 is 2.49 bits per heavy atom. The molecule has 10 nitrogen and oxygen atoms in total. The predicted octanol–water partition coefficient (Wildman–Crippen LogP) is 6.03. The number of aryl methyl sites for hydroxylation is 1. The molecule has 222 valence electrons. The van der Waals surface area contributed by atoms with Gasteiger partial charge >= 0.3 is 17.3 Å². The van der Waals surface area contributed by atoms with Crippen molar-refractivity contribution in [3.8, 4) is 11.6 Å². The van der Waals surface area contributed by atoms with Crippen LogP contribution in [0.5, 0.6) is 11.6 Å². The van der Waals surface area contributed by atoms with E-state index in [2.05, 4.69) is 14.9 Å². The van der Waals surface area contributed by atoms with Gasteiger partial charge in [-0.1, -0.05) is 11.6 Å². The number of ether oxygens (including phenoxy) is 2. The number of hydrogen-bond donors (Lipinski definition) is 1. The van der Waals surface area contributed by atoms with E-state index >= 15 is 0 Å². The molecular weight excluding hydrogens is 590 g/mol. The zero-order valence-electron chi connectivity index (χ0n) is 21.8. The number of alkyl halides is 3. The Hall–Kier alpha value is -3.29. The van der Waals surface area contributed by atoms with Gasteiger partial charge in [0, 0.05) is 31.5 Å². The number of rotatable bonds is 12. The van der Waals surface area contributed by atoms with E-state index in [-0.39, 0.29) is 41.6 Å². The van der Waals surface area contributed by atoms with E-state index < -0.39 is 22.8 Å². The summed E-state index contributed by atoms with van der Waals surface area (Å²) in [5, 5.41) is 20.8. The molecular formula is C26H28Cl2F3N5O5. The standard InChI is InChI=1S/C26H28Cl2F3N5O5/c27-22-13-18(26(29,30)31)14-32-24(22)40-12-8-17-5-9-34(10-6-17)19-1-3-21(4-2-19)41-16-20(37)7-11-35-15-23(36(38)39)33-25(35)28/h1-4,13-15,17,20,37H,5-12,16H2/t20-/m1/s1. The summed E-state index contributed by atoms with van der Waals surface area (Å²) in [6.07, 6.45) is -0.479. The lowest BCUT2D eigenvalue weighted by Crippen LogP contribution is -2.34. The number of aromatic nitrogens is 3. The van der Waals surface area contributed by atoms with Crippen molar-refractivity contribution in [1.29, 1.82) is 0 Å². The van der Waals surface area contributed by atoms with Crippen LogP contribution in [-0.4, -0.2) is 57.0 Å². The zero-order chi connectivity index (χ0) is 29.6. The first-order chi connectivity index (χ1) is 19.5.